The lowest BCUT2D eigenvalue weighted by Gasteiger charge is -2.35. The molecule has 0 aliphatic heterocycles. The van der Waals surface area contributed by atoms with Crippen LogP contribution in [0.4, 0.5) is 4.39 Å². The monoisotopic (exact) mass is 283 g/mol. The number of benzene rings is 1. The van der Waals surface area contributed by atoms with Crippen molar-refractivity contribution in [3.63, 3.8) is 0 Å². The van der Waals surface area contributed by atoms with E-state index < -0.39 is 0 Å². The third kappa shape index (κ3) is 3.93. The van der Waals surface area contributed by atoms with Crippen LogP contribution in [0.1, 0.15) is 43.2 Å². The Kier molecular flexibility index (Phi) is 5.23. The minimum Gasteiger partial charge on any atom is -0.312 e. The fraction of sp³-hybridized carbons (Fsp3) is 0.625. The summed E-state index contributed by atoms with van der Waals surface area (Å²) in [6.45, 7) is 3.72. The molecule has 1 fully saturated rings. The van der Waals surface area contributed by atoms with Crippen LogP contribution in [0.5, 0.6) is 0 Å². The highest BCUT2D eigenvalue weighted by Crippen LogP contribution is 2.36. The molecule has 0 radical (unpaired) electrons. The van der Waals surface area contributed by atoms with Crippen molar-refractivity contribution in [2.45, 2.75) is 45.6 Å². The van der Waals surface area contributed by atoms with Gasteiger partial charge in [-0.3, -0.25) is 0 Å². The van der Waals surface area contributed by atoms with Crippen molar-refractivity contribution in [1.82, 2.24) is 5.32 Å². The number of rotatable bonds is 5. The van der Waals surface area contributed by atoms with Gasteiger partial charge in [-0.15, -0.1) is 11.6 Å². The summed E-state index contributed by atoms with van der Waals surface area (Å²) >= 11 is 6.18. The molecule has 1 N–H and O–H groups in total. The summed E-state index contributed by atoms with van der Waals surface area (Å²) < 4.78 is 13.0. The predicted octanol–water partition coefficient (Wildman–Crippen LogP) is 4.41. The average molecular weight is 284 g/mol. The molecule has 0 atom stereocenters. The number of halogens is 2. The topological polar surface area (TPSA) is 12.0 Å². The van der Waals surface area contributed by atoms with Crippen LogP contribution >= 0.6 is 11.6 Å². The fourth-order valence-corrected chi connectivity index (χ4v) is 3.34. The normalized spacial score (nSPS) is 18.5. The van der Waals surface area contributed by atoms with Gasteiger partial charge in [-0.1, -0.05) is 25.3 Å². The van der Waals surface area contributed by atoms with Gasteiger partial charge in [0.25, 0.3) is 0 Å². The third-order valence-corrected chi connectivity index (χ3v) is 4.88. The van der Waals surface area contributed by atoms with Gasteiger partial charge in [-0.25, -0.2) is 4.39 Å². The second-order valence-corrected chi connectivity index (χ2v) is 6.14. The van der Waals surface area contributed by atoms with E-state index in [1.807, 2.05) is 13.0 Å². The van der Waals surface area contributed by atoms with E-state index in [0.29, 0.717) is 0 Å². The molecule has 1 saturated carbocycles. The molecule has 0 amide bonds. The maximum atomic E-state index is 13.0. The molecule has 0 unspecified atom stereocenters. The molecule has 0 aromatic heterocycles. The molecule has 1 aromatic carbocycles. The summed E-state index contributed by atoms with van der Waals surface area (Å²) in [6, 6.07) is 4.99. The van der Waals surface area contributed by atoms with Crippen molar-refractivity contribution in [2.24, 2.45) is 5.41 Å². The molecule has 1 aliphatic carbocycles. The number of hydrogen-bond acceptors (Lipinski definition) is 1. The van der Waals surface area contributed by atoms with Gasteiger partial charge in [0.1, 0.15) is 5.82 Å². The third-order valence-electron chi connectivity index (χ3n) is 4.32. The highest BCUT2D eigenvalue weighted by Gasteiger charge is 2.30. The van der Waals surface area contributed by atoms with Gasteiger partial charge in [0.15, 0.2) is 0 Å². The standard InChI is InChI=1S/C16H23ClFN/c1-13-9-15(18)6-5-14(13)10-19-12-16(11-17)7-3-2-4-8-16/h5-6,9,19H,2-4,7-8,10-12H2,1H3. The number of aryl methyl sites for hydroxylation is 1. The van der Waals surface area contributed by atoms with Crippen LogP contribution in [0.15, 0.2) is 18.2 Å². The summed E-state index contributed by atoms with van der Waals surface area (Å²) in [4.78, 5) is 0. The minimum atomic E-state index is -0.161. The summed E-state index contributed by atoms with van der Waals surface area (Å²) in [5, 5.41) is 3.52. The quantitative estimate of drug-likeness (QED) is 0.789. The Hall–Kier alpha value is -0.600. The van der Waals surface area contributed by atoms with Gasteiger partial charge in [0, 0.05) is 19.0 Å². The smallest absolute Gasteiger partial charge is 0.123 e. The molecule has 2 rings (SSSR count). The molecule has 0 bridgehead atoms. The SMILES string of the molecule is Cc1cc(F)ccc1CNCC1(CCl)CCCCC1. The largest absolute Gasteiger partial charge is 0.312 e. The first-order chi connectivity index (χ1) is 9.15. The highest BCUT2D eigenvalue weighted by molar-refractivity contribution is 6.18. The molecular formula is C16H23ClFN. The van der Waals surface area contributed by atoms with Crippen LogP contribution in [-0.2, 0) is 6.54 Å². The first-order valence-electron chi connectivity index (χ1n) is 7.17. The Balaban J connectivity index is 1.88. The molecule has 1 nitrogen and oxygen atoms in total. The number of alkyl halides is 1. The Morgan fingerprint density at radius 3 is 2.63 bits per heavy atom. The summed E-state index contributed by atoms with van der Waals surface area (Å²) in [5.74, 6) is 0.577. The van der Waals surface area contributed by atoms with Crippen molar-refractivity contribution in [3.05, 3.63) is 35.1 Å². The van der Waals surface area contributed by atoms with Gasteiger partial charge < -0.3 is 5.32 Å². The Morgan fingerprint density at radius 1 is 1.26 bits per heavy atom. The summed E-state index contributed by atoms with van der Waals surface area (Å²) in [6.07, 6.45) is 6.39. The van der Waals surface area contributed by atoms with Gasteiger partial charge in [0.05, 0.1) is 0 Å². The minimum absolute atomic E-state index is 0.161. The Morgan fingerprint density at radius 2 is 2.00 bits per heavy atom. The van der Waals surface area contributed by atoms with E-state index in [-0.39, 0.29) is 11.2 Å². The highest BCUT2D eigenvalue weighted by atomic mass is 35.5. The van der Waals surface area contributed by atoms with Gasteiger partial charge in [0.2, 0.25) is 0 Å². The lowest BCUT2D eigenvalue weighted by atomic mass is 9.75. The molecular weight excluding hydrogens is 261 g/mol. The molecule has 0 saturated heterocycles. The van der Waals surface area contributed by atoms with Crippen LogP contribution < -0.4 is 5.32 Å². The average Bonchev–Trinajstić information content (AvgIpc) is 2.42. The van der Waals surface area contributed by atoms with Crippen LogP contribution in [-0.4, -0.2) is 12.4 Å². The van der Waals surface area contributed by atoms with Crippen molar-refractivity contribution in [1.29, 1.82) is 0 Å². The van der Waals surface area contributed by atoms with E-state index in [0.717, 1.165) is 24.5 Å². The van der Waals surface area contributed by atoms with Crippen molar-refractivity contribution < 1.29 is 4.39 Å². The molecule has 106 valence electrons. The Bertz CT molecular complexity index is 413. The molecule has 1 aromatic rings. The van der Waals surface area contributed by atoms with Crippen LogP contribution in [0.2, 0.25) is 0 Å². The van der Waals surface area contributed by atoms with E-state index in [1.54, 1.807) is 6.07 Å². The van der Waals surface area contributed by atoms with Crippen LogP contribution in [0.3, 0.4) is 0 Å². The van der Waals surface area contributed by atoms with Gasteiger partial charge in [-0.2, -0.15) is 0 Å². The van der Waals surface area contributed by atoms with Crippen molar-refractivity contribution in [2.75, 3.05) is 12.4 Å². The maximum absolute atomic E-state index is 13.0. The van der Waals surface area contributed by atoms with E-state index >= 15 is 0 Å². The second-order valence-electron chi connectivity index (χ2n) is 5.87. The maximum Gasteiger partial charge on any atom is 0.123 e. The summed E-state index contributed by atoms with van der Waals surface area (Å²) in [7, 11) is 0. The zero-order chi connectivity index (χ0) is 13.7. The molecule has 1 aliphatic rings. The molecule has 19 heavy (non-hydrogen) atoms. The van der Waals surface area contributed by atoms with Crippen molar-refractivity contribution in [3.8, 4) is 0 Å². The lowest BCUT2D eigenvalue weighted by Crippen LogP contribution is -2.37. The summed E-state index contributed by atoms with van der Waals surface area (Å²) in [5.41, 5.74) is 2.45. The zero-order valence-electron chi connectivity index (χ0n) is 11.6. The predicted molar refractivity (Wildman–Crippen MR) is 79.1 cm³/mol. The van der Waals surface area contributed by atoms with E-state index in [1.165, 1.54) is 43.7 Å². The van der Waals surface area contributed by atoms with E-state index in [9.17, 15) is 4.39 Å². The van der Waals surface area contributed by atoms with Gasteiger partial charge in [-0.05, 0) is 48.4 Å². The molecule has 0 heterocycles. The first-order valence-corrected chi connectivity index (χ1v) is 7.70. The van der Waals surface area contributed by atoms with Crippen molar-refractivity contribution >= 4 is 11.6 Å². The fourth-order valence-electron chi connectivity index (χ4n) is 2.98. The number of nitrogens with one attached hydrogen (secondary N) is 1. The Labute approximate surface area is 120 Å². The second kappa shape index (κ2) is 6.71. The molecule has 3 heteroatoms. The first kappa shape index (κ1) is 14.8. The zero-order valence-corrected chi connectivity index (χ0v) is 12.4. The van der Waals surface area contributed by atoms with E-state index in [4.69, 9.17) is 11.6 Å². The molecule has 0 spiro atoms. The van der Waals surface area contributed by atoms with Crippen LogP contribution in [0.25, 0.3) is 0 Å². The van der Waals surface area contributed by atoms with Gasteiger partial charge >= 0.3 is 0 Å². The van der Waals surface area contributed by atoms with E-state index in [2.05, 4.69) is 5.32 Å². The lowest BCUT2D eigenvalue weighted by molar-refractivity contribution is 0.212. The van der Waals surface area contributed by atoms with Crippen LogP contribution in [0, 0.1) is 18.2 Å². The number of hydrogen-bond donors (Lipinski definition) is 1.